The summed E-state index contributed by atoms with van der Waals surface area (Å²) in [6, 6.07) is 17.6. The number of ether oxygens (including phenoxy) is 2. The molecule has 0 fully saturated rings. The van der Waals surface area contributed by atoms with Crippen LogP contribution in [0.15, 0.2) is 75.9 Å². The first kappa shape index (κ1) is 28.7. The molecule has 6 nitrogen and oxygen atoms in total. The fourth-order valence-corrected chi connectivity index (χ4v) is 4.12. The normalized spacial score (nSPS) is 12.0. The van der Waals surface area contributed by atoms with Gasteiger partial charge in [0.05, 0.1) is 5.39 Å². The Balaban J connectivity index is 1.59. The van der Waals surface area contributed by atoms with E-state index in [1.807, 2.05) is 46.8 Å². The molecule has 0 radical (unpaired) electrons. The van der Waals surface area contributed by atoms with Gasteiger partial charge in [0.15, 0.2) is 6.61 Å². The van der Waals surface area contributed by atoms with Crippen LogP contribution in [0.1, 0.15) is 57.4 Å². The van der Waals surface area contributed by atoms with Crippen molar-refractivity contribution in [1.29, 1.82) is 0 Å². The number of alkyl halides is 3. The lowest BCUT2D eigenvalue weighted by Crippen LogP contribution is -2.21. The van der Waals surface area contributed by atoms with Gasteiger partial charge in [-0.25, -0.2) is 0 Å². The molecule has 4 rings (SSSR count). The number of hydrogen-bond acceptors (Lipinski definition) is 5. The number of para-hydroxylation sites is 1. The van der Waals surface area contributed by atoms with Crippen molar-refractivity contribution >= 4 is 22.6 Å². The van der Waals surface area contributed by atoms with Gasteiger partial charge in [-0.3, -0.25) is 9.59 Å². The van der Waals surface area contributed by atoms with Gasteiger partial charge >= 0.3 is 6.18 Å². The van der Waals surface area contributed by atoms with Crippen LogP contribution in [0.5, 0.6) is 17.2 Å². The summed E-state index contributed by atoms with van der Waals surface area (Å²) >= 11 is 0. The topological polar surface area (TPSA) is 77.8 Å². The third kappa shape index (κ3) is 6.47. The van der Waals surface area contributed by atoms with Crippen LogP contribution >= 0.6 is 0 Å². The SMILES string of the molecule is CC(C)c1ccccc1NC(=O)COc1ccc2c(=O)c(Oc3ccc(C(C)(C)C)cc3)c(C(F)(F)F)oc2c1. The molecule has 1 aromatic heterocycles. The van der Waals surface area contributed by atoms with Crippen LogP contribution < -0.4 is 20.2 Å². The molecule has 0 bridgehead atoms. The number of nitrogens with one attached hydrogen (secondary N) is 1. The summed E-state index contributed by atoms with van der Waals surface area (Å²) in [5.41, 5.74) is 1.04. The smallest absolute Gasteiger partial charge is 0.453 e. The van der Waals surface area contributed by atoms with Crippen LogP contribution in [0.25, 0.3) is 11.0 Å². The quantitative estimate of drug-likeness (QED) is 0.251. The Morgan fingerprint density at radius 2 is 1.60 bits per heavy atom. The minimum Gasteiger partial charge on any atom is -0.484 e. The molecule has 0 unspecified atom stereocenters. The lowest BCUT2D eigenvalue weighted by Gasteiger charge is -2.19. The highest BCUT2D eigenvalue weighted by Crippen LogP contribution is 2.39. The van der Waals surface area contributed by atoms with Crippen molar-refractivity contribution < 1.29 is 31.9 Å². The van der Waals surface area contributed by atoms with E-state index in [4.69, 9.17) is 13.9 Å². The van der Waals surface area contributed by atoms with E-state index >= 15 is 0 Å². The second-order valence-corrected chi connectivity index (χ2v) is 10.7. The van der Waals surface area contributed by atoms with Crippen LogP contribution in [-0.4, -0.2) is 12.5 Å². The van der Waals surface area contributed by atoms with Crippen molar-refractivity contribution in [1.82, 2.24) is 0 Å². The minimum absolute atomic E-state index is 0.0579. The maximum atomic E-state index is 13.9. The molecule has 40 heavy (non-hydrogen) atoms. The summed E-state index contributed by atoms with van der Waals surface area (Å²) in [7, 11) is 0. The lowest BCUT2D eigenvalue weighted by molar-refractivity contribution is -0.154. The molecule has 1 amide bonds. The molecule has 0 aliphatic rings. The molecule has 210 valence electrons. The fourth-order valence-electron chi connectivity index (χ4n) is 4.12. The second kappa shape index (κ2) is 11.1. The Labute approximate surface area is 229 Å². The third-order valence-corrected chi connectivity index (χ3v) is 6.25. The Morgan fingerprint density at radius 3 is 2.23 bits per heavy atom. The van der Waals surface area contributed by atoms with Crippen molar-refractivity contribution in [3.05, 3.63) is 93.8 Å². The van der Waals surface area contributed by atoms with E-state index < -0.39 is 35.6 Å². The molecule has 0 saturated heterocycles. The van der Waals surface area contributed by atoms with Gasteiger partial charge in [0, 0.05) is 11.8 Å². The van der Waals surface area contributed by atoms with Gasteiger partial charge in [-0.2, -0.15) is 13.2 Å². The molecule has 0 spiro atoms. The van der Waals surface area contributed by atoms with Gasteiger partial charge in [-0.15, -0.1) is 0 Å². The Hall–Kier alpha value is -4.27. The number of anilines is 1. The predicted molar refractivity (Wildman–Crippen MR) is 147 cm³/mol. The average molecular weight is 554 g/mol. The number of benzene rings is 3. The van der Waals surface area contributed by atoms with Crippen LogP contribution in [0, 0.1) is 0 Å². The van der Waals surface area contributed by atoms with Crippen LogP contribution in [0.2, 0.25) is 0 Å². The van der Waals surface area contributed by atoms with E-state index in [1.165, 1.54) is 24.3 Å². The summed E-state index contributed by atoms with van der Waals surface area (Å²) in [5.74, 6) is -2.67. The summed E-state index contributed by atoms with van der Waals surface area (Å²) < 4.78 is 57.9. The monoisotopic (exact) mass is 553 g/mol. The zero-order chi connectivity index (χ0) is 29.2. The second-order valence-electron chi connectivity index (χ2n) is 10.7. The summed E-state index contributed by atoms with van der Waals surface area (Å²) in [6.45, 7) is 9.59. The maximum absolute atomic E-state index is 13.9. The van der Waals surface area contributed by atoms with Gasteiger partial charge in [0.25, 0.3) is 11.7 Å². The van der Waals surface area contributed by atoms with Gasteiger partial charge < -0.3 is 19.2 Å². The largest absolute Gasteiger partial charge is 0.484 e. The molecule has 0 aliphatic heterocycles. The first-order valence-corrected chi connectivity index (χ1v) is 12.7. The standard InChI is InChI=1S/C31H30F3NO5/c1-18(2)22-8-6-7-9-24(22)35-26(36)17-38-21-14-15-23-25(16-21)40-29(31(32,33)34)28(27(23)37)39-20-12-10-19(11-13-20)30(3,4)5/h6-16,18H,17H2,1-5H3,(H,35,36). The molecular weight excluding hydrogens is 523 g/mol. The van der Waals surface area contributed by atoms with Gasteiger partial charge in [-0.05, 0) is 52.8 Å². The Morgan fingerprint density at radius 1 is 0.950 bits per heavy atom. The van der Waals surface area contributed by atoms with Crippen molar-refractivity contribution in [2.24, 2.45) is 0 Å². The molecule has 1 N–H and O–H groups in total. The van der Waals surface area contributed by atoms with Crippen molar-refractivity contribution in [2.75, 3.05) is 11.9 Å². The first-order valence-electron chi connectivity index (χ1n) is 12.7. The number of amides is 1. The molecule has 0 saturated carbocycles. The van der Waals surface area contributed by atoms with Crippen molar-refractivity contribution in [2.45, 2.75) is 52.1 Å². The number of carbonyl (C=O) groups is 1. The zero-order valence-electron chi connectivity index (χ0n) is 22.8. The van der Waals surface area contributed by atoms with Gasteiger partial charge in [0.1, 0.15) is 17.1 Å². The number of halogens is 3. The molecule has 3 aromatic carbocycles. The lowest BCUT2D eigenvalue weighted by atomic mass is 9.87. The molecular formula is C31H30F3NO5. The van der Waals surface area contributed by atoms with Crippen LogP contribution in [0.4, 0.5) is 18.9 Å². The first-order chi connectivity index (χ1) is 18.7. The number of rotatable bonds is 7. The van der Waals surface area contributed by atoms with Crippen LogP contribution in [0.3, 0.4) is 0 Å². The van der Waals surface area contributed by atoms with E-state index in [2.05, 4.69) is 5.32 Å². The molecule has 4 aromatic rings. The minimum atomic E-state index is -5.01. The van der Waals surface area contributed by atoms with E-state index in [0.29, 0.717) is 5.69 Å². The summed E-state index contributed by atoms with van der Waals surface area (Å²) in [4.78, 5) is 25.6. The van der Waals surface area contributed by atoms with Gasteiger partial charge in [-0.1, -0.05) is 65.0 Å². The zero-order valence-corrected chi connectivity index (χ0v) is 22.8. The van der Waals surface area contributed by atoms with Crippen LogP contribution in [-0.2, 0) is 16.4 Å². The highest BCUT2D eigenvalue weighted by atomic mass is 19.4. The number of hydrogen-bond donors (Lipinski definition) is 1. The van der Waals surface area contributed by atoms with Crippen molar-refractivity contribution in [3.8, 4) is 17.2 Å². The highest BCUT2D eigenvalue weighted by Gasteiger charge is 2.40. The van der Waals surface area contributed by atoms with E-state index in [-0.39, 0.29) is 33.8 Å². The summed E-state index contributed by atoms with van der Waals surface area (Å²) in [6.07, 6.45) is -5.01. The van der Waals surface area contributed by atoms with Gasteiger partial charge in [0.2, 0.25) is 11.2 Å². The van der Waals surface area contributed by atoms with E-state index in [1.54, 1.807) is 24.3 Å². The summed E-state index contributed by atoms with van der Waals surface area (Å²) in [5, 5.41) is 2.65. The third-order valence-electron chi connectivity index (χ3n) is 6.25. The molecule has 0 aliphatic carbocycles. The maximum Gasteiger partial charge on any atom is 0.453 e. The number of fused-ring (bicyclic) bond motifs is 1. The fraction of sp³-hybridized carbons (Fsp3) is 0.290. The molecule has 0 atom stereocenters. The van der Waals surface area contributed by atoms with Crippen molar-refractivity contribution in [3.63, 3.8) is 0 Å². The van der Waals surface area contributed by atoms with E-state index in [0.717, 1.165) is 17.2 Å². The Bertz CT molecular complexity index is 1580. The Kier molecular flexibility index (Phi) is 7.95. The molecule has 9 heteroatoms. The highest BCUT2D eigenvalue weighted by molar-refractivity contribution is 5.92. The van der Waals surface area contributed by atoms with E-state index in [9.17, 15) is 22.8 Å². The average Bonchev–Trinajstić information content (AvgIpc) is 2.88. The number of carbonyl (C=O) groups excluding carboxylic acids is 1. The molecule has 1 heterocycles. The predicted octanol–water partition coefficient (Wildman–Crippen LogP) is 8.04.